The molecule has 0 saturated heterocycles. The number of sulfonamides is 1. The summed E-state index contributed by atoms with van der Waals surface area (Å²) in [6.07, 6.45) is 0. The van der Waals surface area contributed by atoms with E-state index in [9.17, 15) is 8.42 Å². The van der Waals surface area contributed by atoms with Gasteiger partial charge in [-0.2, -0.15) is 4.31 Å². The van der Waals surface area contributed by atoms with E-state index in [1.807, 2.05) is 39.8 Å². The highest BCUT2D eigenvalue weighted by Crippen LogP contribution is 2.31. The second kappa shape index (κ2) is 7.68. The van der Waals surface area contributed by atoms with Crippen LogP contribution in [0.5, 0.6) is 11.5 Å². The highest BCUT2D eigenvalue weighted by molar-refractivity contribution is 7.89. The summed E-state index contributed by atoms with van der Waals surface area (Å²) in [5, 5.41) is 0. The van der Waals surface area contributed by atoms with Gasteiger partial charge in [-0.05, 0) is 67.6 Å². The second-order valence-electron chi connectivity index (χ2n) is 6.54. The predicted octanol–water partition coefficient (Wildman–Crippen LogP) is 3.76. The van der Waals surface area contributed by atoms with E-state index < -0.39 is 10.0 Å². The van der Waals surface area contributed by atoms with Crippen LogP contribution in [0.3, 0.4) is 0 Å². The van der Waals surface area contributed by atoms with Gasteiger partial charge in [0.05, 0.1) is 19.1 Å². The number of aryl methyl sites for hydroxylation is 2. The molecule has 0 N–H and O–H groups in total. The lowest BCUT2D eigenvalue weighted by molar-refractivity contribution is 0.354. The van der Waals surface area contributed by atoms with Gasteiger partial charge in [0.25, 0.3) is 0 Å². The monoisotopic (exact) mass is 377 g/mol. The maximum Gasteiger partial charge on any atom is 0.243 e. The first-order valence-electron chi connectivity index (χ1n) is 8.38. The molecule has 0 bridgehead atoms. The van der Waals surface area contributed by atoms with E-state index in [2.05, 4.69) is 0 Å². The normalized spacial score (nSPS) is 11.7. The lowest BCUT2D eigenvalue weighted by Gasteiger charge is -2.22. The number of rotatable bonds is 6. The van der Waals surface area contributed by atoms with E-state index in [-0.39, 0.29) is 6.54 Å². The van der Waals surface area contributed by atoms with Crippen molar-refractivity contribution < 1.29 is 17.9 Å². The summed E-state index contributed by atoms with van der Waals surface area (Å²) in [6.45, 7) is 7.84. The van der Waals surface area contributed by atoms with Crippen LogP contribution in [0.1, 0.15) is 27.8 Å². The molecule has 0 fully saturated rings. The summed E-state index contributed by atoms with van der Waals surface area (Å²) in [6, 6.07) is 7.45. The third kappa shape index (κ3) is 3.71. The summed E-state index contributed by atoms with van der Waals surface area (Å²) in [7, 11) is 1.11. The molecule has 6 heteroatoms. The van der Waals surface area contributed by atoms with Crippen molar-refractivity contribution in [3.05, 3.63) is 52.1 Å². The fourth-order valence-corrected chi connectivity index (χ4v) is 4.77. The van der Waals surface area contributed by atoms with Crippen LogP contribution in [-0.2, 0) is 16.6 Å². The molecule has 0 saturated carbocycles. The van der Waals surface area contributed by atoms with Crippen LogP contribution in [0.15, 0.2) is 29.2 Å². The second-order valence-corrected chi connectivity index (χ2v) is 8.52. The molecule has 0 amide bonds. The molecule has 2 aromatic rings. The summed E-state index contributed by atoms with van der Waals surface area (Å²) >= 11 is 0. The van der Waals surface area contributed by atoms with Crippen molar-refractivity contribution in [3.63, 3.8) is 0 Å². The summed E-state index contributed by atoms with van der Waals surface area (Å²) in [4.78, 5) is 0.401. The molecular formula is C20H27NO4S. The van der Waals surface area contributed by atoms with Crippen LogP contribution >= 0.6 is 0 Å². The largest absolute Gasteiger partial charge is 0.493 e. The molecule has 0 aromatic heterocycles. The zero-order valence-corrected chi connectivity index (χ0v) is 17.3. The molecular weight excluding hydrogens is 350 g/mol. The lowest BCUT2D eigenvalue weighted by atomic mass is 10.0. The van der Waals surface area contributed by atoms with Gasteiger partial charge in [0.2, 0.25) is 10.0 Å². The quantitative estimate of drug-likeness (QED) is 0.769. The molecule has 0 heterocycles. The average Bonchev–Trinajstić information content (AvgIpc) is 2.59. The molecule has 2 aromatic carbocycles. The lowest BCUT2D eigenvalue weighted by Crippen LogP contribution is -2.28. The molecule has 142 valence electrons. The van der Waals surface area contributed by atoms with Gasteiger partial charge in [-0.25, -0.2) is 8.42 Å². The first-order chi connectivity index (χ1) is 12.1. The van der Waals surface area contributed by atoms with Gasteiger partial charge in [0.15, 0.2) is 11.5 Å². The Hall–Kier alpha value is -2.05. The minimum atomic E-state index is -3.62. The van der Waals surface area contributed by atoms with E-state index in [0.29, 0.717) is 16.4 Å². The maximum atomic E-state index is 13.2. The third-order valence-electron chi connectivity index (χ3n) is 4.82. The number of benzene rings is 2. The smallest absolute Gasteiger partial charge is 0.243 e. The molecule has 0 unspecified atom stereocenters. The zero-order valence-electron chi connectivity index (χ0n) is 16.5. The molecule has 0 radical (unpaired) electrons. The number of nitrogens with zero attached hydrogens (tertiary/aromatic N) is 1. The van der Waals surface area contributed by atoms with Crippen molar-refractivity contribution in [1.29, 1.82) is 0 Å². The summed E-state index contributed by atoms with van der Waals surface area (Å²) in [5.74, 6) is 1.19. The molecule has 26 heavy (non-hydrogen) atoms. The molecule has 0 aliphatic rings. The Morgan fingerprint density at radius 2 is 1.42 bits per heavy atom. The summed E-state index contributed by atoms with van der Waals surface area (Å²) in [5.41, 5.74) is 4.38. The average molecular weight is 378 g/mol. The van der Waals surface area contributed by atoms with Gasteiger partial charge < -0.3 is 9.47 Å². The van der Waals surface area contributed by atoms with E-state index >= 15 is 0 Å². The van der Waals surface area contributed by atoms with Crippen molar-refractivity contribution in [1.82, 2.24) is 4.31 Å². The molecule has 0 spiro atoms. The summed E-state index contributed by atoms with van der Waals surface area (Å²) < 4.78 is 38.4. The van der Waals surface area contributed by atoms with Gasteiger partial charge in [0.1, 0.15) is 0 Å². The van der Waals surface area contributed by atoms with E-state index in [0.717, 1.165) is 27.8 Å². The van der Waals surface area contributed by atoms with E-state index in [1.165, 1.54) is 4.31 Å². The van der Waals surface area contributed by atoms with Crippen molar-refractivity contribution >= 4 is 10.0 Å². The van der Waals surface area contributed by atoms with Gasteiger partial charge in [0, 0.05) is 13.6 Å². The van der Waals surface area contributed by atoms with Crippen LogP contribution < -0.4 is 9.47 Å². The van der Waals surface area contributed by atoms with Crippen molar-refractivity contribution in [2.24, 2.45) is 0 Å². The number of ether oxygens (including phenoxy) is 2. The Balaban J connectivity index is 2.43. The fourth-order valence-electron chi connectivity index (χ4n) is 3.04. The Morgan fingerprint density at radius 1 is 0.885 bits per heavy atom. The SMILES string of the molecule is COc1ccc(CN(C)S(=O)(=O)c2c(C)c(C)cc(C)c2C)cc1OC. The Morgan fingerprint density at radius 3 is 1.92 bits per heavy atom. The Bertz CT molecular complexity index is 894. The van der Waals surface area contributed by atoms with E-state index in [1.54, 1.807) is 33.4 Å². The van der Waals surface area contributed by atoms with Crippen LogP contribution in [0, 0.1) is 27.7 Å². The van der Waals surface area contributed by atoms with Gasteiger partial charge in [-0.1, -0.05) is 12.1 Å². The first-order valence-corrected chi connectivity index (χ1v) is 9.82. The zero-order chi connectivity index (χ0) is 19.6. The molecule has 0 aliphatic heterocycles. The predicted molar refractivity (Wildman–Crippen MR) is 104 cm³/mol. The molecule has 5 nitrogen and oxygen atoms in total. The van der Waals surface area contributed by atoms with Crippen molar-refractivity contribution in [2.45, 2.75) is 39.1 Å². The maximum absolute atomic E-state index is 13.2. The highest BCUT2D eigenvalue weighted by atomic mass is 32.2. The van der Waals surface area contributed by atoms with Crippen molar-refractivity contribution in [2.75, 3.05) is 21.3 Å². The number of methoxy groups -OCH3 is 2. The standard InChI is InChI=1S/C20H27NO4S/c1-13-10-14(2)16(4)20(15(13)3)26(22,23)21(5)12-17-8-9-18(24-6)19(11-17)25-7/h8-11H,12H2,1-7H3. The molecule has 0 atom stereocenters. The molecule has 2 rings (SSSR count). The van der Waals surface area contributed by atoms with Crippen LogP contribution in [-0.4, -0.2) is 34.0 Å². The van der Waals surface area contributed by atoms with E-state index in [4.69, 9.17) is 9.47 Å². The van der Waals surface area contributed by atoms with Crippen LogP contribution in [0.25, 0.3) is 0 Å². The fraction of sp³-hybridized carbons (Fsp3) is 0.400. The van der Waals surface area contributed by atoms with Gasteiger partial charge in [-0.3, -0.25) is 0 Å². The van der Waals surface area contributed by atoms with Crippen LogP contribution in [0.2, 0.25) is 0 Å². The molecule has 0 aliphatic carbocycles. The minimum Gasteiger partial charge on any atom is -0.493 e. The van der Waals surface area contributed by atoms with Crippen molar-refractivity contribution in [3.8, 4) is 11.5 Å². The van der Waals surface area contributed by atoms with Gasteiger partial charge >= 0.3 is 0 Å². The topological polar surface area (TPSA) is 55.8 Å². The Kier molecular flexibility index (Phi) is 5.98. The highest BCUT2D eigenvalue weighted by Gasteiger charge is 2.26. The Labute approximate surface area is 156 Å². The minimum absolute atomic E-state index is 0.245. The van der Waals surface area contributed by atoms with Gasteiger partial charge in [-0.15, -0.1) is 0 Å². The first kappa shape index (κ1) is 20.3. The third-order valence-corrected chi connectivity index (χ3v) is 6.90. The number of hydrogen-bond acceptors (Lipinski definition) is 4. The number of hydrogen-bond donors (Lipinski definition) is 0. The van der Waals surface area contributed by atoms with Crippen LogP contribution in [0.4, 0.5) is 0 Å².